The number of likely N-dealkylation sites (N-methyl/N-ethyl adjacent to an activating group) is 1. The topological polar surface area (TPSA) is 23.5 Å². The summed E-state index contributed by atoms with van der Waals surface area (Å²) in [7, 11) is 2.13. The monoisotopic (exact) mass is 413 g/mol. The van der Waals surface area contributed by atoms with E-state index in [1.165, 1.54) is 64.2 Å². The van der Waals surface area contributed by atoms with Gasteiger partial charge in [-0.1, -0.05) is 95.0 Å². The van der Waals surface area contributed by atoms with Crippen LogP contribution in [0.2, 0.25) is 0 Å². The second kappa shape index (κ2) is 15.8. The molecular formula is C22H40BrNO. The zero-order valence-corrected chi connectivity index (χ0v) is 18.3. The van der Waals surface area contributed by atoms with E-state index in [4.69, 9.17) is 0 Å². The summed E-state index contributed by atoms with van der Waals surface area (Å²) in [6.45, 7) is 5.46. The van der Waals surface area contributed by atoms with Crippen molar-refractivity contribution < 1.29 is 5.11 Å². The number of unbranched alkanes of at least 4 members (excludes halogenated alkanes) is 9. The molecule has 2 atom stereocenters. The molecule has 0 aliphatic rings. The lowest BCUT2D eigenvalue weighted by Gasteiger charge is -2.29. The first-order valence-electron chi connectivity index (χ1n) is 10.1. The van der Waals surface area contributed by atoms with Crippen molar-refractivity contribution in [2.45, 2.75) is 90.2 Å². The van der Waals surface area contributed by atoms with Gasteiger partial charge in [0.15, 0.2) is 0 Å². The van der Waals surface area contributed by atoms with Crippen LogP contribution in [0.5, 0.6) is 0 Å². The average Bonchev–Trinajstić information content (AvgIpc) is 2.62. The van der Waals surface area contributed by atoms with E-state index in [-0.39, 0.29) is 23.0 Å². The van der Waals surface area contributed by atoms with Gasteiger partial charge in [-0.3, -0.25) is 0 Å². The highest BCUT2D eigenvalue weighted by Gasteiger charge is 2.19. The molecule has 3 heteroatoms. The number of rotatable bonds is 14. The van der Waals surface area contributed by atoms with E-state index < -0.39 is 6.10 Å². The number of aliphatic hydroxyl groups excluding tert-OH is 1. The number of hydrogen-bond donors (Lipinski definition) is 1. The summed E-state index contributed by atoms with van der Waals surface area (Å²) in [6, 6.07) is 10.2. The van der Waals surface area contributed by atoms with Gasteiger partial charge in [-0.05, 0) is 32.5 Å². The Bertz CT molecular complexity index is 398. The van der Waals surface area contributed by atoms with Crippen LogP contribution in [0.25, 0.3) is 0 Å². The van der Waals surface area contributed by atoms with E-state index in [0.29, 0.717) is 0 Å². The molecule has 1 N–H and O–H groups in total. The fourth-order valence-corrected chi connectivity index (χ4v) is 3.22. The van der Waals surface area contributed by atoms with Gasteiger partial charge in [0.2, 0.25) is 0 Å². The summed E-state index contributed by atoms with van der Waals surface area (Å²) < 4.78 is 0. The van der Waals surface area contributed by atoms with Gasteiger partial charge in [-0.2, -0.15) is 0 Å². The van der Waals surface area contributed by atoms with Crippen LogP contribution in [0, 0.1) is 0 Å². The lowest BCUT2D eigenvalue weighted by Crippen LogP contribution is -2.35. The summed E-state index contributed by atoms with van der Waals surface area (Å²) in [5.41, 5.74) is 1.01. The third kappa shape index (κ3) is 11.0. The number of aliphatic hydroxyl groups is 1. The molecule has 0 heterocycles. The molecule has 25 heavy (non-hydrogen) atoms. The van der Waals surface area contributed by atoms with Gasteiger partial charge >= 0.3 is 0 Å². The smallest absolute Gasteiger partial charge is 0.0942 e. The van der Waals surface area contributed by atoms with Crippen molar-refractivity contribution in [1.82, 2.24) is 4.90 Å². The zero-order chi connectivity index (χ0) is 17.6. The summed E-state index contributed by atoms with van der Waals surface area (Å²) >= 11 is 0. The minimum atomic E-state index is -0.403. The van der Waals surface area contributed by atoms with Gasteiger partial charge < -0.3 is 10.0 Å². The maximum absolute atomic E-state index is 10.5. The van der Waals surface area contributed by atoms with Crippen molar-refractivity contribution in [2.24, 2.45) is 0 Å². The van der Waals surface area contributed by atoms with Crippen LogP contribution in [-0.2, 0) is 0 Å². The highest BCUT2D eigenvalue weighted by molar-refractivity contribution is 8.93. The van der Waals surface area contributed by atoms with Crippen LogP contribution in [0.1, 0.15) is 89.7 Å². The van der Waals surface area contributed by atoms with Crippen molar-refractivity contribution in [3.63, 3.8) is 0 Å². The first-order valence-corrected chi connectivity index (χ1v) is 10.1. The van der Waals surface area contributed by atoms with Gasteiger partial charge in [0.1, 0.15) is 0 Å². The molecule has 0 radical (unpaired) electrons. The molecule has 146 valence electrons. The fourth-order valence-electron chi connectivity index (χ4n) is 3.22. The predicted octanol–water partition coefficient (Wildman–Crippen LogP) is 6.54. The second-order valence-corrected chi connectivity index (χ2v) is 7.26. The van der Waals surface area contributed by atoms with E-state index in [0.717, 1.165) is 12.1 Å². The molecule has 1 aromatic carbocycles. The molecule has 0 aromatic heterocycles. The average molecular weight is 414 g/mol. The number of hydrogen-bond acceptors (Lipinski definition) is 2. The highest BCUT2D eigenvalue weighted by atomic mass is 79.9. The molecule has 0 amide bonds. The van der Waals surface area contributed by atoms with Crippen molar-refractivity contribution in [2.75, 3.05) is 13.6 Å². The molecule has 2 unspecified atom stereocenters. The Morgan fingerprint density at radius 3 is 1.84 bits per heavy atom. The molecule has 0 bridgehead atoms. The molecule has 0 aliphatic heterocycles. The number of nitrogens with zero attached hydrogens (tertiary/aromatic N) is 1. The third-order valence-electron chi connectivity index (χ3n) is 5.16. The van der Waals surface area contributed by atoms with Crippen LogP contribution < -0.4 is 0 Å². The Morgan fingerprint density at radius 1 is 0.840 bits per heavy atom. The Labute approximate surface area is 166 Å². The van der Waals surface area contributed by atoms with Gasteiger partial charge in [-0.25, -0.2) is 0 Å². The minimum absolute atomic E-state index is 0. The van der Waals surface area contributed by atoms with Gasteiger partial charge in [0.25, 0.3) is 0 Å². The Morgan fingerprint density at radius 2 is 1.32 bits per heavy atom. The molecule has 1 rings (SSSR count). The Kier molecular flexibility index (Phi) is 15.6. The summed E-state index contributed by atoms with van der Waals surface area (Å²) in [4.78, 5) is 2.29. The molecule has 0 aliphatic carbocycles. The molecule has 0 fully saturated rings. The van der Waals surface area contributed by atoms with Crippen molar-refractivity contribution in [3.05, 3.63) is 35.9 Å². The number of benzene rings is 1. The van der Waals surface area contributed by atoms with Crippen molar-refractivity contribution in [1.29, 1.82) is 0 Å². The van der Waals surface area contributed by atoms with E-state index in [9.17, 15) is 5.11 Å². The van der Waals surface area contributed by atoms with Crippen LogP contribution >= 0.6 is 17.0 Å². The second-order valence-electron chi connectivity index (χ2n) is 7.26. The quantitative estimate of drug-likeness (QED) is 0.350. The van der Waals surface area contributed by atoms with E-state index in [1.54, 1.807) is 0 Å². The summed E-state index contributed by atoms with van der Waals surface area (Å²) in [6.07, 6.45) is 13.3. The summed E-state index contributed by atoms with van der Waals surface area (Å²) in [5, 5.41) is 10.5. The largest absolute Gasteiger partial charge is 0.387 e. The lowest BCUT2D eigenvalue weighted by atomic mass is 10.0. The number of halogens is 1. The predicted molar refractivity (Wildman–Crippen MR) is 116 cm³/mol. The Balaban J connectivity index is 0.00000576. The first-order chi connectivity index (χ1) is 11.7. The first kappa shape index (κ1) is 24.6. The normalized spacial score (nSPS) is 13.5. The maximum Gasteiger partial charge on any atom is 0.0942 e. The molecule has 0 saturated heterocycles. The zero-order valence-electron chi connectivity index (χ0n) is 16.6. The van der Waals surface area contributed by atoms with E-state index in [2.05, 4.69) is 25.8 Å². The van der Waals surface area contributed by atoms with Crippen LogP contribution in [0.15, 0.2) is 30.3 Å². The highest BCUT2D eigenvalue weighted by Crippen LogP contribution is 2.20. The van der Waals surface area contributed by atoms with E-state index in [1.807, 2.05) is 30.3 Å². The SMILES string of the molecule is Br.CCCCCCCCCCCCN(C)C(C)C(O)c1ccccc1. The van der Waals surface area contributed by atoms with Crippen LogP contribution in [0.3, 0.4) is 0 Å². The van der Waals surface area contributed by atoms with Gasteiger partial charge in [0, 0.05) is 6.04 Å². The third-order valence-corrected chi connectivity index (χ3v) is 5.16. The van der Waals surface area contributed by atoms with Crippen LogP contribution in [0.4, 0.5) is 0 Å². The van der Waals surface area contributed by atoms with Crippen LogP contribution in [-0.4, -0.2) is 29.6 Å². The molecule has 1 aromatic rings. The van der Waals surface area contributed by atoms with Crippen molar-refractivity contribution >= 4 is 17.0 Å². The molecular weight excluding hydrogens is 374 g/mol. The lowest BCUT2D eigenvalue weighted by molar-refractivity contribution is 0.0716. The van der Waals surface area contributed by atoms with Gasteiger partial charge in [-0.15, -0.1) is 17.0 Å². The van der Waals surface area contributed by atoms with Gasteiger partial charge in [0.05, 0.1) is 6.10 Å². The molecule has 0 spiro atoms. The maximum atomic E-state index is 10.5. The van der Waals surface area contributed by atoms with E-state index >= 15 is 0 Å². The molecule has 2 nitrogen and oxygen atoms in total. The molecule has 0 saturated carbocycles. The Hall–Kier alpha value is -0.380. The summed E-state index contributed by atoms with van der Waals surface area (Å²) in [5.74, 6) is 0. The fraction of sp³-hybridized carbons (Fsp3) is 0.727. The van der Waals surface area contributed by atoms with Crippen molar-refractivity contribution in [3.8, 4) is 0 Å². The minimum Gasteiger partial charge on any atom is -0.387 e. The standard InChI is InChI=1S/C22H39NO.BrH/c1-4-5-6-7-8-9-10-11-12-16-19-23(3)20(2)22(24)21-17-14-13-15-18-21;/h13-15,17-18,20,22,24H,4-12,16,19H2,1-3H3;1H.